The highest BCUT2D eigenvalue weighted by atomic mass is 79.9. The lowest BCUT2D eigenvalue weighted by Gasteiger charge is -2.17. The van der Waals surface area contributed by atoms with E-state index in [1.807, 2.05) is 0 Å². The molecule has 3 atom stereocenters. The quantitative estimate of drug-likeness (QED) is 0.899. The van der Waals surface area contributed by atoms with Gasteiger partial charge >= 0.3 is 0 Å². The van der Waals surface area contributed by atoms with Crippen molar-refractivity contribution < 1.29 is 5.11 Å². The molecule has 0 radical (unpaired) electrons. The number of halogens is 1. The molecule has 0 aromatic heterocycles. The van der Waals surface area contributed by atoms with Crippen LogP contribution in [0.3, 0.4) is 0 Å². The monoisotopic (exact) mass is 309 g/mol. The zero-order valence-electron chi connectivity index (χ0n) is 10.5. The van der Waals surface area contributed by atoms with Crippen molar-refractivity contribution in [2.75, 3.05) is 6.54 Å². The minimum Gasteiger partial charge on any atom is -0.393 e. The summed E-state index contributed by atoms with van der Waals surface area (Å²) in [4.78, 5) is 0. The van der Waals surface area contributed by atoms with Gasteiger partial charge in [0, 0.05) is 10.5 Å². The second-order valence-electron chi connectivity index (χ2n) is 5.64. The molecule has 0 spiro atoms. The SMILES string of the molecule is OC1CCC(CNC2CCc3c(Br)cccc32)C1. The molecule has 3 rings (SSSR count). The lowest BCUT2D eigenvalue weighted by Crippen LogP contribution is -2.25. The second-order valence-corrected chi connectivity index (χ2v) is 6.49. The Kier molecular flexibility index (Phi) is 3.73. The molecule has 0 aliphatic heterocycles. The van der Waals surface area contributed by atoms with Gasteiger partial charge in [0.15, 0.2) is 0 Å². The Balaban J connectivity index is 1.61. The minimum absolute atomic E-state index is 0.0539. The number of fused-ring (bicyclic) bond motifs is 1. The first-order valence-corrected chi connectivity index (χ1v) is 7.72. The average Bonchev–Trinajstić information content (AvgIpc) is 2.94. The van der Waals surface area contributed by atoms with Gasteiger partial charge in [-0.3, -0.25) is 0 Å². The van der Waals surface area contributed by atoms with E-state index >= 15 is 0 Å². The van der Waals surface area contributed by atoms with Crippen molar-refractivity contribution in [1.29, 1.82) is 0 Å². The van der Waals surface area contributed by atoms with E-state index in [1.165, 1.54) is 34.9 Å². The molecule has 18 heavy (non-hydrogen) atoms. The van der Waals surface area contributed by atoms with Gasteiger partial charge in [-0.05, 0) is 61.8 Å². The van der Waals surface area contributed by atoms with Gasteiger partial charge in [-0.1, -0.05) is 28.1 Å². The smallest absolute Gasteiger partial charge is 0.0543 e. The van der Waals surface area contributed by atoms with E-state index < -0.39 is 0 Å². The number of nitrogens with one attached hydrogen (secondary N) is 1. The summed E-state index contributed by atoms with van der Waals surface area (Å²) in [5.74, 6) is 0.663. The van der Waals surface area contributed by atoms with Crippen LogP contribution in [0.4, 0.5) is 0 Å². The predicted octanol–water partition coefficient (Wildman–Crippen LogP) is 3.19. The Labute approximate surface area is 117 Å². The molecule has 0 saturated heterocycles. The highest BCUT2D eigenvalue weighted by Crippen LogP contribution is 2.36. The largest absolute Gasteiger partial charge is 0.393 e. The van der Waals surface area contributed by atoms with E-state index in [1.54, 1.807) is 0 Å². The van der Waals surface area contributed by atoms with Crippen LogP contribution in [-0.4, -0.2) is 17.8 Å². The van der Waals surface area contributed by atoms with Crippen molar-refractivity contribution in [3.8, 4) is 0 Å². The number of benzene rings is 1. The van der Waals surface area contributed by atoms with Crippen molar-refractivity contribution in [3.63, 3.8) is 0 Å². The van der Waals surface area contributed by atoms with E-state index in [-0.39, 0.29) is 6.10 Å². The average molecular weight is 310 g/mol. The summed E-state index contributed by atoms with van der Waals surface area (Å²) in [6.07, 6.45) is 5.45. The zero-order chi connectivity index (χ0) is 12.5. The molecule has 1 saturated carbocycles. The molecule has 1 aromatic carbocycles. The lowest BCUT2D eigenvalue weighted by atomic mass is 10.1. The van der Waals surface area contributed by atoms with Crippen molar-refractivity contribution in [2.24, 2.45) is 5.92 Å². The van der Waals surface area contributed by atoms with Gasteiger partial charge in [0.2, 0.25) is 0 Å². The number of aliphatic hydroxyl groups is 1. The summed E-state index contributed by atoms with van der Waals surface area (Å²) in [5, 5.41) is 13.2. The normalized spacial score (nSPS) is 30.7. The third kappa shape index (κ3) is 2.49. The third-order valence-electron chi connectivity index (χ3n) is 4.38. The van der Waals surface area contributed by atoms with Crippen molar-refractivity contribution in [2.45, 2.75) is 44.2 Å². The van der Waals surface area contributed by atoms with Crippen LogP contribution in [0, 0.1) is 5.92 Å². The summed E-state index contributed by atoms with van der Waals surface area (Å²) in [6, 6.07) is 7.01. The summed E-state index contributed by atoms with van der Waals surface area (Å²) in [7, 11) is 0. The predicted molar refractivity (Wildman–Crippen MR) is 76.6 cm³/mol. The molecular weight excluding hydrogens is 290 g/mol. The minimum atomic E-state index is -0.0539. The van der Waals surface area contributed by atoms with Crippen LogP contribution in [0.1, 0.15) is 42.9 Å². The standard InChI is InChI=1S/C15H20BrNO/c16-14-3-1-2-13-12(14)6-7-15(13)17-9-10-4-5-11(18)8-10/h1-3,10-11,15,17-18H,4-9H2. The maximum atomic E-state index is 9.55. The highest BCUT2D eigenvalue weighted by Gasteiger charge is 2.27. The van der Waals surface area contributed by atoms with Crippen LogP contribution in [0.5, 0.6) is 0 Å². The van der Waals surface area contributed by atoms with Gasteiger partial charge in [0.05, 0.1) is 6.10 Å². The molecule has 2 N–H and O–H groups in total. The van der Waals surface area contributed by atoms with E-state index in [9.17, 15) is 5.11 Å². The van der Waals surface area contributed by atoms with Crippen LogP contribution in [0.2, 0.25) is 0 Å². The van der Waals surface area contributed by atoms with Crippen LogP contribution in [0.15, 0.2) is 22.7 Å². The molecule has 3 heteroatoms. The molecule has 1 fully saturated rings. The summed E-state index contributed by atoms with van der Waals surface area (Å²) >= 11 is 3.64. The Morgan fingerprint density at radius 2 is 2.17 bits per heavy atom. The van der Waals surface area contributed by atoms with E-state index in [0.717, 1.165) is 19.4 Å². The molecule has 98 valence electrons. The molecule has 0 amide bonds. The number of rotatable bonds is 3. The molecular formula is C15H20BrNO. The number of hydrogen-bond acceptors (Lipinski definition) is 2. The van der Waals surface area contributed by atoms with E-state index in [0.29, 0.717) is 12.0 Å². The van der Waals surface area contributed by atoms with Crippen molar-refractivity contribution >= 4 is 15.9 Å². The summed E-state index contributed by atoms with van der Waals surface area (Å²) in [5.41, 5.74) is 2.93. The second kappa shape index (κ2) is 5.32. The molecule has 2 aliphatic carbocycles. The Morgan fingerprint density at radius 3 is 2.94 bits per heavy atom. The fourth-order valence-electron chi connectivity index (χ4n) is 3.36. The zero-order valence-corrected chi connectivity index (χ0v) is 12.1. The molecule has 0 bridgehead atoms. The lowest BCUT2D eigenvalue weighted by molar-refractivity contribution is 0.177. The molecule has 0 heterocycles. The maximum absolute atomic E-state index is 9.55. The van der Waals surface area contributed by atoms with Crippen LogP contribution in [0.25, 0.3) is 0 Å². The van der Waals surface area contributed by atoms with E-state index in [4.69, 9.17) is 0 Å². The van der Waals surface area contributed by atoms with Gasteiger partial charge in [-0.25, -0.2) is 0 Å². The highest BCUT2D eigenvalue weighted by molar-refractivity contribution is 9.10. The Hall–Kier alpha value is -0.380. The van der Waals surface area contributed by atoms with Gasteiger partial charge in [-0.2, -0.15) is 0 Å². The number of aliphatic hydroxyl groups excluding tert-OH is 1. The molecule has 3 unspecified atom stereocenters. The van der Waals surface area contributed by atoms with Crippen LogP contribution < -0.4 is 5.32 Å². The molecule has 2 aliphatic rings. The van der Waals surface area contributed by atoms with Crippen molar-refractivity contribution in [3.05, 3.63) is 33.8 Å². The first-order valence-electron chi connectivity index (χ1n) is 6.93. The van der Waals surface area contributed by atoms with Gasteiger partial charge in [-0.15, -0.1) is 0 Å². The fraction of sp³-hybridized carbons (Fsp3) is 0.600. The topological polar surface area (TPSA) is 32.3 Å². The maximum Gasteiger partial charge on any atom is 0.0543 e. The molecule has 1 aromatic rings. The summed E-state index contributed by atoms with van der Waals surface area (Å²) in [6.45, 7) is 1.05. The first kappa shape index (κ1) is 12.6. The van der Waals surface area contributed by atoms with Crippen LogP contribution in [-0.2, 0) is 6.42 Å². The van der Waals surface area contributed by atoms with Gasteiger partial charge < -0.3 is 10.4 Å². The van der Waals surface area contributed by atoms with Crippen molar-refractivity contribution in [1.82, 2.24) is 5.32 Å². The fourth-order valence-corrected chi connectivity index (χ4v) is 3.94. The Morgan fingerprint density at radius 1 is 1.28 bits per heavy atom. The Bertz CT molecular complexity index is 435. The van der Waals surface area contributed by atoms with Gasteiger partial charge in [0.25, 0.3) is 0 Å². The first-order chi connectivity index (χ1) is 8.74. The third-order valence-corrected chi connectivity index (χ3v) is 5.12. The van der Waals surface area contributed by atoms with E-state index in [2.05, 4.69) is 39.4 Å². The van der Waals surface area contributed by atoms with Crippen LogP contribution >= 0.6 is 15.9 Å². The molecule has 2 nitrogen and oxygen atoms in total. The summed E-state index contributed by atoms with van der Waals surface area (Å²) < 4.78 is 1.25. The van der Waals surface area contributed by atoms with Gasteiger partial charge in [0.1, 0.15) is 0 Å². The number of hydrogen-bond donors (Lipinski definition) is 2.